The van der Waals surface area contributed by atoms with E-state index < -0.39 is 8.07 Å². The number of anilines is 1. The van der Waals surface area contributed by atoms with E-state index in [4.69, 9.17) is 12.6 Å². The number of benzene rings is 1. The molecule has 1 fully saturated rings. The molecule has 1 aromatic carbocycles. The van der Waals surface area contributed by atoms with Crippen molar-refractivity contribution in [2.45, 2.75) is 45.3 Å². The lowest BCUT2D eigenvalue weighted by Gasteiger charge is -2.15. The minimum absolute atomic E-state index is 0.0537. The number of nitrogens with one attached hydrogen (secondary N) is 1. The normalized spacial score (nSPS) is 15.0. The maximum Gasteiger partial charge on any atom is 0.228 e. The van der Waals surface area contributed by atoms with Crippen LogP contribution in [0.4, 0.5) is 5.82 Å². The molecule has 0 unspecified atom stereocenters. The second-order valence-electron chi connectivity index (χ2n) is 7.74. The van der Waals surface area contributed by atoms with E-state index in [1.54, 1.807) is 4.68 Å². The van der Waals surface area contributed by atoms with Crippen molar-refractivity contribution in [1.29, 1.82) is 0 Å². The lowest BCUT2D eigenvalue weighted by atomic mass is 9.95. The molecule has 3 rings (SSSR count). The average molecular weight is 341 g/mol. The molecule has 1 aliphatic carbocycles. The Hall–Kier alpha value is -1.60. The summed E-state index contributed by atoms with van der Waals surface area (Å²) in [5.41, 5.74) is 1.56. The predicted molar refractivity (Wildman–Crippen MR) is 101 cm³/mol. The minimum atomic E-state index is -1.11. The van der Waals surface area contributed by atoms with E-state index >= 15 is 0 Å². The van der Waals surface area contributed by atoms with Crippen LogP contribution in [0, 0.1) is 5.92 Å². The van der Waals surface area contributed by atoms with Crippen molar-refractivity contribution in [3.05, 3.63) is 18.2 Å². The highest BCUT2D eigenvalue weighted by Gasteiger charge is 2.30. The molecule has 1 saturated carbocycles. The number of carbonyl (C=O) groups is 1. The third kappa shape index (κ3) is 4.27. The topological polar surface area (TPSA) is 56.2 Å². The summed E-state index contributed by atoms with van der Waals surface area (Å²) in [7, 11) is 4.80. The monoisotopic (exact) mass is 341 g/mol. The Bertz CT molecular complexity index is 750. The van der Waals surface area contributed by atoms with Gasteiger partial charge in [0.2, 0.25) is 5.91 Å². The van der Waals surface area contributed by atoms with Crippen LogP contribution in [0.5, 0.6) is 0 Å². The number of hydrogen-bond donors (Lipinski definition) is 1. The van der Waals surface area contributed by atoms with Crippen LogP contribution >= 0.6 is 0 Å². The fourth-order valence-electron chi connectivity index (χ4n) is 2.48. The maximum absolute atomic E-state index is 12.1. The first kappa shape index (κ1) is 17.2. The zero-order chi connectivity index (χ0) is 17.3. The average Bonchev–Trinajstić information content (AvgIpc) is 3.28. The molecule has 1 N–H and O–H groups in total. The van der Waals surface area contributed by atoms with E-state index in [0.717, 1.165) is 36.4 Å². The van der Waals surface area contributed by atoms with Gasteiger partial charge >= 0.3 is 0 Å². The third-order valence-electron chi connectivity index (χ3n) is 4.18. The molecule has 24 heavy (non-hydrogen) atoms. The smallest absolute Gasteiger partial charge is 0.228 e. The fraction of sp³-hybridized carbons (Fsp3) is 0.529. The van der Waals surface area contributed by atoms with Gasteiger partial charge in [-0.1, -0.05) is 31.2 Å². The quantitative estimate of drug-likeness (QED) is 0.622. The molecule has 1 amide bonds. The van der Waals surface area contributed by atoms with Gasteiger partial charge in [0, 0.05) is 26.0 Å². The van der Waals surface area contributed by atoms with E-state index in [2.05, 4.69) is 30.1 Å². The van der Waals surface area contributed by atoms with Gasteiger partial charge in [-0.15, -0.1) is 0 Å². The minimum Gasteiger partial charge on any atom is -0.360 e. The molecule has 0 spiro atoms. The number of carbonyl (C=O) groups excluding carboxylic acids is 1. The van der Waals surface area contributed by atoms with Gasteiger partial charge in [-0.25, -0.2) is 4.68 Å². The first-order valence-corrected chi connectivity index (χ1v) is 12.2. The van der Waals surface area contributed by atoms with Crippen molar-refractivity contribution in [2.24, 2.45) is 5.92 Å². The van der Waals surface area contributed by atoms with Gasteiger partial charge in [0.1, 0.15) is 14.6 Å². The second kappa shape index (κ2) is 6.72. The van der Waals surface area contributed by atoms with Gasteiger partial charge < -0.3 is 10.1 Å². The lowest BCUT2D eigenvalue weighted by Crippen LogP contribution is -2.22. The molecular formula is C17H24BN3O2Si. The molecule has 2 radical (unpaired) electrons. The third-order valence-corrected chi connectivity index (χ3v) is 5.88. The molecular weight excluding hydrogens is 317 g/mol. The molecule has 0 bridgehead atoms. The Balaban J connectivity index is 1.76. The first-order valence-electron chi connectivity index (χ1n) is 8.48. The number of fused-ring (bicyclic) bond motifs is 1. The molecule has 1 heterocycles. The Morgan fingerprint density at radius 1 is 1.42 bits per heavy atom. The van der Waals surface area contributed by atoms with Crippen LogP contribution in [0.25, 0.3) is 10.9 Å². The maximum atomic E-state index is 12.1. The van der Waals surface area contributed by atoms with Crippen LogP contribution < -0.4 is 10.8 Å². The predicted octanol–water partition coefficient (Wildman–Crippen LogP) is 2.49. The standard InChI is InChI=1S/C17H24BN3O2Si/c1-24(2,3)9-8-23-11-21-15-10-13(18)6-7-14(15)16(20-21)19-17(22)12-4-5-12/h6-7,10,12H,4-5,8-9,11H2,1-3H3,(H,19,20,22). The van der Waals surface area contributed by atoms with Crippen LogP contribution in [0.15, 0.2) is 18.2 Å². The number of rotatable bonds is 7. The second-order valence-corrected chi connectivity index (χ2v) is 13.4. The Kier molecular flexibility index (Phi) is 4.83. The lowest BCUT2D eigenvalue weighted by molar-refractivity contribution is -0.117. The summed E-state index contributed by atoms with van der Waals surface area (Å²) >= 11 is 0. The molecule has 7 heteroatoms. The zero-order valence-electron chi connectivity index (χ0n) is 14.6. The van der Waals surface area contributed by atoms with E-state index in [9.17, 15) is 4.79 Å². The molecule has 126 valence electrons. The molecule has 0 saturated heterocycles. The summed E-state index contributed by atoms with van der Waals surface area (Å²) in [5, 5.41) is 8.37. The molecule has 1 aliphatic rings. The van der Waals surface area contributed by atoms with Gasteiger partial charge in [0.15, 0.2) is 5.82 Å². The summed E-state index contributed by atoms with van der Waals surface area (Å²) in [6.07, 6.45) is 1.94. The highest BCUT2D eigenvalue weighted by atomic mass is 28.3. The SMILES string of the molecule is [B]c1ccc2c(NC(=O)C3CC3)nn(COCC[Si](C)(C)C)c2c1. The highest BCUT2D eigenvalue weighted by molar-refractivity contribution is 6.76. The van der Waals surface area contributed by atoms with Gasteiger partial charge in [-0.05, 0) is 31.0 Å². The molecule has 0 atom stereocenters. The summed E-state index contributed by atoms with van der Waals surface area (Å²) in [5.74, 6) is 0.792. The number of amides is 1. The number of aromatic nitrogens is 2. The van der Waals surface area contributed by atoms with Crippen molar-refractivity contribution in [2.75, 3.05) is 11.9 Å². The van der Waals surface area contributed by atoms with Gasteiger partial charge in [0.05, 0.1) is 5.52 Å². The number of ether oxygens (including phenoxy) is 1. The highest BCUT2D eigenvalue weighted by Crippen LogP contribution is 2.31. The fourth-order valence-corrected chi connectivity index (χ4v) is 3.23. The van der Waals surface area contributed by atoms with E-state index in [1.807, 2.05) is 18.2 Å². The number of hydrogen-bond acceptors (Lipinski definition) is 3. The first-order chi connectivity index (χ1) is 11.3. The summed E-state index contributed by atoms with van der Waals surface area (Å²) in [6, 6.07) is 6.71. The van der Waals surface area contributed by atoms with Crippen LogP contribution in [-0.2, 0) is 16.3 Å². The Morgan fingerprint density at radius 3 is 2.83 bits per heavy atom. The summed E-state index contributed by atoms with van der Waals surface area (Å²) in [4.78, 5) is 12.1. The molecule has 5 nitrogen and oxygen atoms in total. The largest absolute Gasteiger partial charge is 0.360 e. The van der Waals surface area contributed by atoms with Crippen LogP contribution in [0.1, 0.15) is 12.8 Å². The van der Waals surface area contributed by atoms with Crippen molar-refractivity contribution < 1.29 is 9.53 Å². The van der Waals surface area contributed by atoms with Crippen molar-refractivity contribution >= 4 is 44.0 Å². The van der Waals surface area contributed by atoms with Gasteiger partial charge in [-0.2, -0.15) is 5.10 Å². The molecule has 0 aliphatic heterocycles. The van der Waals surface area contributed by atoms with Crippen molar-refractivity contribution in [3.63, 3.8) is 0 Å². The zero-order valence-corrected chi connectivity index (χ0v) is 15.6. The summed E-state index contributed by atoms with van der Waals surface area (Å²) < 4.78 is 7.58. The van der Waals surface area contributed by atoms with Gasteiger partial charge in [-0.3, -0.25) is 4.79 Å². The van der Waals surface area contributed by atoms with E-state index in [0.29, 0.717) is 18.0 Å². The van der Waals surface area contributed by atoms with E-state index in [-0.39, 0.29) is 11.8 Å². The van der Waals surface area contributed by atoms with Crippen molar-refractivity contribution in [3.8, 4) is 0 Å². The molecule has 1 aromatic heterocycles. The Morgan fingerprint density at radius 2 is 2.17 bits per heavy atom. The number of nitrogens with zero attached hydrogens (tertiary/aromatic N) is 2. The Labute approximate surface area is 145 Å². The van der Waals surface area contributed by atoms with Crippen LogP contribution in [-0.4, -0.2) is 38.2 Å². The van der Waals surface area contributed by atoms with Crippen LogP contribution in [0.2, 0.25) is 25.7 Å². The summed E-state index contributed by atoms with van der Waals surface area (Å²) in [6.45, 7) is 8.07. The van der Waals surface area contributed by atoms with Crippen molar-refractivity contribution in [1.82, 2.24) is 9.78 Å². The van der Waals surface area contributed by atoms with Gasteiger partial charge in [0.25, 0.3) is 0 Å². The molecule has 2 aromatic rings. The van der Waals surface area contributed by atoms with E-state index in [1.165, 1.54) is 0 Å². The van der Waals surface area contributed by atoms with Crippen LogP contribution in [0.3, 0.4) is 0 Å².